The molecule has 0 radical (unpaired) electrons. The van der Waals surface area contributed by atoms with E-state index in [-0.39, 0.29) is 18.7 Å². The Kier molecular flexibility index (Phi) is 5.37. The Morgan fingerprint density at radius 1 is 1.60 bits per heavy atom. The standard InChI is InChI=1S/C14H23N3O2S/c1-3-6-17(7-8-18)14(19)16-12(11-4-5-11)13-15-9-10(2)20-13/h9,11-12,18H,3-8H2,1-2H3,(H,16,19). The summed E-state index contributed by atoms with van der Waals surface area (Å²) in [6.45, 7) is 5.11. The molecule has 0 aliphatic heterocycles. The molecule has 0 aromatic carbocycles. The molecule has 1 aromatic heterocycles. The second-order valence-corrected chi connectivity index (χ2v) is 6.55. The summed E-state index contributed by atoms with van der Waals surface area (Å²) in [5, 5.41) is 13.2. The number of carbonyl (C=O) groups excluding carboxylic acids is 1. The number of aryl methyl sites for hydroxylation is 1. The Bertz CT molecular complexity index is 439. The summed E-state index contributed by atoms with van der Waals surface area (Å²) in [7, 11) is 0. The fraction of sp³-hybridized carbons (Fsp3) is 0.714. The zero-order valence-electron chi connectivity index (χ0n) is 12.1. The van der Waals surface area contributed by atoms with Gasteiger partial charge in [-0.2, -0.15) is 0 Å². The molecule has 6 heteroatoms. The lowest BCUT2D eigenvalue weighted by atomic mass is 10.2. The molecule has 0 spiro atoms. The number of aliphatic hydroxyl groups is 1. The second-order valence-electron chi connectivity index (χ2n) is 5.28. The number of nitrogens with zero attached hydrogens (tertiary/aromatic N) is 2. The van der Waals surface area contributed by atoms with Crippen molar-refractivity contribution in [2.45, 2.75) is 39.2 Å². The van der Waals surface area contributed by atoms with E-state index in [1.807, 2.05) is 20.0 Å². The van der Waals surface area contributed by atoms with E-state index in [0.29, 0.717) is 19.0 Å². The molecule has 1 aromatic rings. The van der Waals surface area contributed by atoms with E-state index in [0.717, 1.165) is 24.3 Å². The number of thiazole rings is 1. The second kappa shape index (κ2) is 7.04. The molecule has 2 rings (SSSR count). The van der Waals surface area contributed by atoms with Crippen LogP contribution in [-0.4, -0.2) is 40.7 Å². The van der Waals surface area contributed by atoms with Crippen LogP contribution >= 0.6 is 11.3 Å². The van der Waals surface area contributed by atoms with Crippen LogP contribution in [0.5, 0.6) is 0 Å². The Labute approximate surface area is 124 Å². The van der Waals surface area contributed by atoms with Crippen LogP contribution in [-0.2, 0) is 0 Å². The van der Waals surface area contributed by atoms with Gasteiger partial charge in [0, 0.05) is 24.2 Å². The fourth-order valence-corrected chi connectivity index (χ4v) is 3.18. The average Bonchev–Trinajstić information content (AvgIpc) is 3.17. The quantitative estimate of drug-likeness (QED) is 0.811. The third-order valence-corrected chi connectivity index (χ3v) is 4.42. The molecule has 5 nitrogen and oxygen atoms in total. The number of hydrogen-bond donors (Lipinski definition) is 2. The first-order valence-corrected chi connectivity index (χ1v) is 8.06. The van der Waals surface area contributed by atoms with Gasteiger partial charge in [-0.1, -0.05) is 6.92 Å². The lowest BCUT2D eigenvalue weighted by molar-refractivity contribution is 0.173. The third kappa shape index (κ3) is 3.93. The smallest absolute Gasteiger partial charge is 0.318 e. The first-order valence-electron chi connectivity index (χ1n) is 7.24. The summed E-state index contributed by atoms with van der Waals surface area (Å²) in [5.74, 6) is 0.516. The minimum Gasteiger partial charge on any atom is -0.395 e. The van der Waals surface area contributed by atoms with E-state index < -0.39 is 0 Å². The number of amides is 2. The molecule has 1 atom stereocenters. The summed E-state index contributed by atoms with van der Waals surface area (Å²) in [5.41, 5.74) is 0. The van der Waals surface area contributed by atoms with Gasteiger partial charge in [-0.05, 0) is 32.1 Å². The van der Waals surface area contributed by atoms with E-state index in [4.69, 9.17) is 5.11 Å². The third-order valence-electron chi connectivity index (χ3n) is 3.43. The van der Waals surface area contributed by atoms with Crippen molar-refractivity contribution in [3.8, 4) is 0 Å². The van der Waals surface area contributed by atoms with Crippen molar-refractivity contribution in [3.63, 3.8) is 0 Å². The lowest BCUT2D eigenvalue weighted by Crippen LogP contribution is -2.43. The Hall–Kier alpha value is -1.14. The molecular weight excluding hydrogens is 274 g/mol. The first-order chi connectivity index (χ1) is 9.65. The Morgan fingerprint density at radius 2 is 2.35 bits per heavy atom. The molecule has 1 fully saturated rings. The number of urea groups is 1. The van der Waals surface area contributed by atoms with E-state index >= 15 is 0 Å². The van der Waals surface area contributed by atoms with Gasteiger partial charge in [-0.25, -0.2) is 9.78 Å². The van der Waals surface area contributed by atoms with Crippen molar-refractivity contribution in [3.05, 3.63) is 16.1 Å². The van der Waals surface area contributed by atoms with E-state index in [1.54, 1.807) is 16.2 Å². The van der Waals surface area contributed by atoms with Crippen molar-refractivity contribution in [2.75, 3.05) is 19.7 Å². The molecular formula is C14H23N3O2S. The van der Waals surface area contributed by atoms with Crippen molar-refractivity contribution in [2.24, 2.45) is 5.92 Å². The highest BCUT2D eigenvalue weighted by Gasteiger charge is 2.35. The predicted octanol–water partition coefficient (Wildman–Crippen LogP) is 2.32. The Balaban J connectivity index is 2.02. The minimum atomic E-state index is -0.0920. The van der Waals surface area contributed by atoms with E-state index in [1.165, 1.54) is 4.88 Å². The topological polar surface area (TPSA) is 65.5 Å². The molecule has 2 amide bonds. The van der Waals surface area contributed by atoms with Crippen LogP contribution in [0, 0.1) is 12.8 Å². The molecule has 0 saturated heterocycles. The van der Waals surface area contributed by atoms with Gasteiger partial charge in [0.2, 0.25) is 0 Å². The SMILES string of the molecule is CCCN(CCO)C(=O)NC(c1ncc(C)s1)C1CC1. The normalized spacial score (nSPS) is 15.9. The molecule has 1 saturated carbocycles. The largest absolute Gasteiger partial charge is 0.395 e. The number of nitrogens with one attached hydrogen (secondary N) is 1. The number of rotatable bonds is 7. The monoisotopic (exact) mass is 297 g/mol. The van der Waals surface area contributed by atoms with Crippen LogP contribution in [0.25, 0.3) is 0 Å². The van der Waals surface area contributed by atoms with Crippen LogP contribution in [0.3, 0.4) is 0 Å². The molecule has 1 aliphatic carbocycles. The average molecular weight is 297 g/mol. The highest BCUT2D eigenvalue weighted by Crippen LogP contribution is 2.42. The molecule has 1 aliphatic rings. The van der Waals surface area contributed by atoms with Crippen LogP contribution < -0.4 is 5.32 Å². The molecule has 20 heavy (non-hydrogen) atoms. The molecule has 1 heterocycles. The molecule has 112 valence electrons. The van der Waals surface area contributed by atoms with Crippen LogP contribution in [0.2, 0.25) is 0 Å². The molecule has 1 unspecified atom stereocenters. The van der Waals surface area contributed by atoms with Gasteiger partial charge in [0.25, 0.3) is 0 Å². The van der Waals surface area contributed by atoms with E-state index in [2.05, 4.69) is 10.3 Å². The van der Waals surface area contributed by atoms with Crippen LogP contribution in [0.15, 0.2) is 6.20 Å². The maximum Gasteiger partial charge on any atom is 0.318 e. The zero-order valence-corrected chi connectivity index (χ0v) is 12.9. The summed E-state index contributed by atoms with van der Waals surface area (Å²) in [6, 6.07) is -0.0649. The number of aliphatic hydroxyl groups excluding tert-OH is 1. The lowest BCUT2D eigenvalue weighted by Gasteiger charge is -2.25. The van der Waals surface area contributed by atoms with Gasteiger partial charge < -0.3 is 15.3 Å². The van der Waals surface area contributed by atoms with E-state index in [9.17, 15) is 4.79 Å². The van der Waals surface area contributed by atoms with Crippen molar-refractivity contribution in [1.82, 2.24) is 15.2 Å². The number of aromatic nitrogens is 1. The van der Waals surface area contributed by atoms with Crippen molar-refractivity contribution >= 4 is 17.4 Å². The predicted molar refractivity (Wildman–Crippen MR) is 79.8 cm³/mol. The maximum atomic E-state index is 12.3. The van der Waals surface area contributed by atoms with Crippen molar-refractivity contribution < 1.29 is 9.90 Å². The van der Waals surface area contributed by atoms with Gasteiger partial charge in [-0.15, -0.1) is 11.3 Å². The molecule has 2 N–H and O–H groups in total. The summed E-state index contributed by atoms with van der Waals surface area (Å²) >= 11 is 1.65. The van der Waals surface area contributed by atoms with Crippen LogP contribution in [0.4, 0.5) is 4.79 Å². The number of hydrogen-bond acceptors (Lipinski definition) is 4. The highest BCUT2D eigenvalue weighted by atomic mass is 32.1. The first kappa shape index (κ1) is 15.3. The summed E-state index contributed by atoms with van der Waals surface area (Å²) < 4.78 is 0. The van der Waals surface area contributed by atoms with Gasteiger partial charge in [0.1, 0.15) is 5.01 Å². The maximum absolute atomic E-state index is 12.3. The zero-order chi connectivity index (χ0) is 14.5. The summed E-state index contributed by atoms with van der Waals surface area (Å²) in [6.07, 6.45) is 5.05. The van der Waals surface area contributed by atoms with Gasteiger partial charge in [-0.3, -0.25) is 0 Å². The van der Waals surface area contributed by atoms with Crippen molar-refractivity contribution in [1.29, 1.82) is 0 Å². The van der Waals surface area contributed by atoms with Gasteiger partial charge in [0.15, 0.2) is 0 Å². The summed E-state index contributed by atoms with van der Waals surface area (Å²) in [4.78, 5) is 19.6. The minimum absolute atomic E-state index is 0.00211. The Morgan fingerprint density at radius 3 is 2.85 bits per heavy atom. The molecule has 0 bridgehead atoms. The van der Waals surface area contributed by atoms with Crippen LogP contribution in [0.1, 0.15) is 42.1 Å². The van der Waals surface area contributed by atoms with Gasteiger partial charge in [0.05, 0.1) is 12.6 Å². The number of carbonyl (C=O) groups is 1. The fourth-order valence-electron chi connectivity index (χ4n) is 2.26. The highest BCUT2D eigenvalue weighted by molar-refractivity contribution is 7.11. The van der Waals surface area contributed by atoms with Gasteiger partial charge >= 0.3 is 6.03 Å².